The second-order valence-electron chi connectivity index (χ2n) is 7.77. The molecule has 0 aliphatic carbocycles. The van der Waals surface area contributed by atoms with Crippen molar-refractivity contribution in [1.82, 2.24) is 10.0 Å². The van der Waals surface area contributed by atoms with Crippen molar-refractivity contribution in [3.63, 3.8) is 0 Å². The van der Waals surface area contributed by atoms with Gasteiger partial charge >= 0.3 is 0 Å². The summed E-state index contributed by atoms with van der Waals surface area (Å²) in [4.78, 5) is 12.5. The third kappa shape index (κ3) is 6.31. The van der Waals surface area contributed by atoms with E-state index in [4.69, 9.17) is 4.74 Å². The fraction of sp³-hybridized carbons (Fsp3) is 0.435. The number of carbonyl (C=O) groups is 1. The zero-order valence-corrected chi connectivity index (χ0v) is 19.4. The first-order valence-corrected chi connectivity index (χ1v) is 11.6. The lowest BCUT2D eigenvalue weighted by atomic mass is 9.96. The number of rotatable bonds is 9. The molecule has 2 atom stereocenters. The standard InChI is InChI=1S/C23H32N2O4S/c1-7-18(5)25-30(27,28)21-10-8-20(9-11-21)29-14-23(26)24-19(6)22-13-16(3)15(2)12-17(22)4/h8-13,18-19,25H,7,14H2,1-6H3,(H,24,26)/t18-,19+/m1/s1. The molecule has 0 saturated heterocycles. The lowest BCUT2D eigenvalue weighted by Gasteiger charge is -2.18. The number of ether oxygens (including phenoxy) is 1. The van der Waals surface area contributed by atoms with Gasteiger partial charge < -0.3 is 10.1 Å². The minimum absolute atomic E-state index is 0.139. The molecule has 164 valence electrons. The summed E-state index contributed by atoms with van der Waals surface area (Å²) in [6.07, 6.45) is 0.704. The minimum atomic E-state index is -3.56. The van der Waals surface area contributed by atoms with Crippen LogP contribution in [-0.4, -0.2) is 27.0 Å². The van der Waals surface area contributed by atoms with Crippen LogP contribution in [-0.2, 0) is 14.8 Å². The van der Waals surface area contributed by atoms with E-state index < -0.39 is 10.0 Å². The summed E-state index contributed by atoms with van der Waals surface area (Å²) in [5, 5.41) is 2.95. The fourth-order valence-corrected chi connectivity index (χ4v) is 4.42. The third-order valence-electron chi connectivity index (χ3n) is 5.20. The molecular weight excluding hydrogens is 400 g/mol. The highest BCUT2D eigenvalue weighted by atomic mass is 32.2. The lowest BCUT2D eigenvalue weighted by molar-refractivity contribution is -0.123. The first-order valence-electron chi connectivity index (χ1n) is 10.2. The highest BCUT2D eigenvalue weighted by molar-refractivity contribution is 7.89. The van der Waals surface area contributed by atoms with Gasteiger partial charge in [-0.05, 0) is 87.6 Å². The summed E-state index contributed by atoms with van der Waals surface area (Å²) in [6, 6.07) is 9.98. The van der Waals surface area contributed by atoms with Gasteiger partial charge in [0, 0.05) is 6.04 Å². The van der Waals surface area contributed by atoms with Gasteiger partial charge in [0.25, 0.3) is 5.91 Å². The summed E-state index contributed by atoms with van der Waals surface area (Å²) in [7, 11) is -3.56. The van der Waals surface area contributed by atoms with Crippen molar-refractivity contribution < 1.29 is 17.9 Å². The summed E-state index contributed by atoms with van der Waals surface area (Å²) in [5.41, 5.74) is 4.62. The van der Waals surface area contributed by atoms with Crippen molar-refractivity contribution in [2.45, 2.75) is 64.9 Å². The Morgan fingerprint density at radius 3 is 2.20 bits per heavy atom. The Kier molecular flexibility index (Phi) is 8.03. The van der Waals surface area contributed by atoms with Crippen LogP contribution in [0.2, 0.25) is 0 Å². The van der Waals surface area contributed by atoms with Gasteiger partial charge in [-0.1, -0.05) is 19.1 Å². The summed E-state index contributed by atoms with van der Waals surface area (Å²) in [6.45, 7) is 11.7. The van der Waals surface area contributed by atoms with Gasteiger partial charge in [-0.2, -0.15) is 0 Å². The molecule has 2 N–H and O–H groups in total. The maximum atomic E-state index is 12.3. The molecule has 2 aromatic carbocycles. The fourth-order valence-electron chi connectivity index (χ4n) is 3.09. The largest absolute Gasteiger partial charge is 0.484 e. The zero-order chi connectivity index (χ0) is 22.5. The predicted molar refractivity (Wildman–Crippen MR) is 119 cm³/mol. The third-order valence-corrected chi connectivity index (χ3v) is 6.80. The summed E-state index contributed by atoms with van der Waals surface area (Å²) < 4.78 is 32.7. The Hall–Kier alpha value is -2.38. The summed E-state index contributed by atoms with van der Waals surface area (Å²) >= 11 is 0. The number of hydrogen-bond acceptors (Lipinski definition) is 4. The number of sulfonamides is 1. The molecule has 0 bridgehead atoms. The van der Waals surface area contributed by atoms with E-state index in [1.165, 1.54) is 23.3 Å². The van der Waals surface area contributed by atoms with Gasteiger partial charge in [0.15, 0.2) is 6.61 Å². The quantitative estimate of drug-likeness (QED) is 0.628. The molecule has 7 heteroatoms. The van der Waals surface area contributed by atoms with Crippen LogP contribution in [0, 0.1) is 20.8 Å². The van der Waals surface area contributed by atoms with Gasteiger partial charge in [-0.15, -0.1) is 0 Å². The second kappa shape index (κ2) is 10.1. The van der Waals surface area contributed by atoms with Crippen LogP contribution in [0.1, 0.15) is 55.5 Å². The number of benzene rings is 2. The van der Waals surface area contributed by atoms with E-state index in [1.54, 1.807) is 12.1 Å². The van der Waals surface area contributed by atoms with Crippen LogP contribution in [0.5, 0.6) is 5.75 Å². The van der Waals surface area contributed by atoms with Crippen molar-refractivity contribution in [1.29, 1.82) is 0 Å². The van der Waals surface area contributed by atoms with Gasteiger partial charge in [0.2, 0.25) is 10.0 Å². The minimum Gasteiger partial charge on any atom is -0.484 e. The van der Waals surface area contributed by atoms with Gasteiger partial charge in [0.1, 0.15) is 5.75 Å². The summed E-state index contributed by atoms with van der Waals surface area (Å²) in [5.74, 6) is 0.193. The Bertz CT molecular complexity index is 985. The van der Waals surface area contributed by atoms with E-state index in [1.807, 2.05) is 27.7 Å². The zero-order valence-electron chi connectivity index (χ0n) is 18.6. The van der Waals surface area contributed by atoms with Crippen LogP contribution >= 0.6 is 0 Å². The first-order chi connectivity index (χ1) is 14.0. The van der Waals surface area contributed by atoms with E-state index in [2.05, 4.69) is 36.0 Å². The Morgan fingerprint density at radius 1 is 1.00 bits per heavy atom. The number of amides is 1. The maximum Gasteiger partial charge on any atom is 0.258 e. The number of hydrogen-bond donors (Lipinski definition) is 2. The van der Waals surface area contributed by atoms with Crippen molar-refractivity contribution in [3.05, 3.63) is 58.7 Å². The topological polar surface area (TPSA) is 84.5 Å². The molecule has 0 aliphatic rings. The molecule has 0 heterocycles. The molecule has 0 saturated carbocycles. The smallest absolute Gasteiger partial charge is 0.258 e. The maximum absolute atomic E-state index is 12.3. The first kappa shape index (κ1) is 23.9. The van der Waals surface area contributed by atoms with E-state index in [0.29, 0.717) is 12.2 Å². The molecule has 1 amide bonds. The van der Waals surface area contributed by atoms with Crippen LogP contribution in [0.4, 0.5) is 0 Å². The molecule has 0 unspecified atom stereocenters. The Morgan fingerprint density at radius 2 is 1.60 bits per heavy atom. The number of carbonyl (C=O) groups excluding carboxylic acids is 1. The molecule has 0 aliphatic heterocycles. The second-order valence-corrected chi connectivity index (χ2v) is 9.49. The van der Waals surface area contributed by atoms with Crippen molar-refractivity contribution in [2.75, 3.05) is 6.61 Å². The normalized spacial score (nSPS) is 13.5. The van der Waals surface area contributed by atoms with Gasteiger partial charge in [-0.3, -0.25) is 4.79 Å². The Balaban J connectivity index is 1.94. The van der Waals surface area contributed by atoms with E-state index in [-0.39, 0.29) is 29.5 Å². The molecule has 0 radical (unpaired) electrons. The van der Waals surface area contributed by atoms with E-state index in [0.717, 1.165) is 11.1 Å². The van der Waals surface area contributed by atoms with Crippen LogP contribution in [0.3, 0.4) is 0 Å². The van der Waals surface area contributed by atoms with Crippen molar-refractivity contribution >= 4 is 15.9 Å². The average molecular weight is 433 g/mol. The molecule has 2 aromatic rings. The molecule has 6 nitrogen and oxygen atoms in total. The van der Waals surface area contributed by atoms with Gasteiger partial charge in [0.05, 0.1) is 10.9 Å². The molecule has 0 aromatic heterocycles. The highest BCUT2D eigenvalue weighted by Gasteiger charge is 2.17. The number of aryl methyl sites for hydroxylation is 3. The molecule has 30 heavy (non-hydrogen) atoms. The molecular formula is C23H32N2O4S. The van der Waals surface area contributed by atoms with E-state index in [9.17, 15) is 13.2 Å². The monoisotopic (exact) mass is 432 g/mol. The molecule has 0 spiro atoms. The Labute approximate surface area is 180 Å². The molecule has 2 rings (SSSR count). The van der Waals surface area contributed by atoms with Crippen LogP contribution in [0.25, 0.3) is 0 Å². The molecule has 0 fully saturated rings. The average Bonchev–Trinajstić information content (AvgIpc) is 2.69. The number of nitrogens with one attached hydrogen (secondary N) is 2. The lowest BCUT2D eigenvalue weighted by Crippen LogP contribution is -2.32. The predicted octanol–water partition coefficient (Wildman–Crippen LogP) is 3.94. The SMILES string of the molecule is CC[C@@H](C)NS(=O)(=O)c1ccc(OCC(=O)N[C@@H](C)c2cc(C)c(C)cc2C)cc1. The van der Waals surface area contributed by atoms with Crippen LogP contribution < -0.4 is 14.8 Å². The van der Waals surface area contributed by atoms with E-state index >= 15 is 0 Å². The highest BCUT2D eigenvalue weighted by Crippen LogP contribution is 2.22. The van der Waals surface area contributed by atoms with Crippen LogP contribution in [0.15, 0.2) is 41.3 Å². The van der Waals surface area contributed by atoms with Crippen molar-refractivity contribution in [2.24, 2.45) is 0 Å². The van der Waals surface area contributed by atoms with Gasteiger partial charge in [-0.25, -0.2) is 13.1 Å². The van der Waals surface area contributed by atoms with Crippen molar-refractivity contribution in [3.8, 4) is 5.75 Å².